The SMILES string of the molecule is CCC(/C=C/C(=O)Nc1cccc(C#N)c1)=C\c1ccc(OC)cc1OC. The van der Waals surface area contributed by atoms with Gasteiger partial charge in [-0.15, -0.1) is 0 Å². The molecule has 1 amide bonds. The van der Waals surface area contributed by atoms with Gasteiger partial charge in [-0.3, -0.25) is 4.79 Å². The largest absolute Gasteiger partial charge is 0.497 e. The van der Waals surface area contributed by atoms with Gasteiger partial charge in [-0.2, -0.15) is 5.26 Å². The molecule has 0 saturated heterocycles. The molecule has 138 valence electrons. The Labute approximate surface area is 159 Å². The standard InChI is InChI=1S/C22H22N2O3/c1-4-16(12-18-9-10-20(26-2)14-21(18)27-3)8-11-22(25)24-19-7-5-6-17(13-19)15-23/h5-14H,4H2,1-3H3,(H,24,25)/b11-8+,16-12+. The smallest absolute Gasteiger partial charge is 0.248 e. The third-order valence-corrected chi connectivity index (χ3v) is 3.90. The number of nitrogens with zero attached hydrogens (tertiary/aromatic N) is 1. The highest BCUT2D eigenvalue weighted by Gasteiger charge is 2.04. The van der Waals surface area contributed by atoms with E-state index in [9.17, 15) is 4.79 Å². The second-order valence-electron chi connectivity index (χ2n) is 5.70. The van der Waals surface area contributed by atoms with Crippen LogP contribution in [0.1, 0.15) is 24.5 Å². The van der Waals surface area contributed by atoms with Crippen LogP contribution < -0.4 is 14.8 Å². The number of ether oxygens (including phenoxy) is 2. The average Bonchev–Trinajstić information content (AvgIpc) is 2.71. The van der Waals surface area contributed by atoms with Crippen molar-refractivity contribution in [3.05, 3.63) is 71.3 Å². The maximum Gasteiger partial charge on any atom is 0.248 e. The molecule has 5 nitrogen and oxygen atoms in total. The molecule has 0 saturated carbocycles. The topological polar surface area (TPSA) is 71.4 Å². The molecular weight excluding hydrogens is 340 g/mol. The maximum absolute atomic E-state index is 12.1. The zero-order chi connectivity index (χ0) is 19.6. The number of methoxy groups -OCH3 is 2. The number of carbonyl (C=O) groups is 1. The summed E-state index contributed by atoms with van der Waals surface area (Å²) in [6, 6.07) is 14.4. The molecule has 0 aliphatic rings. The molecule has 0 aliphatic carbocycles. The first-order valence-corrected chi connectivity index (χ1v) is 8.51. The van der Waals surface area contributed by atoms with E-state index < -0.39 is 0 Å². The van der Waals surface area contributed by atoms with Crippen molar-refractivity contribution < 1.29 is 14.3 Å². The van der Waals surface area contributed by atoms with Gasteiger partial charge in [0.15, 0.2) is 0 Å². The van der Waals surface area contributed by atoms with E-state index >= 15 is 0 Å². The number of nitrogens with one attached hydrogen (secondary N) is 1. The van der Waals surface area contributed by atoms with Crippen LogP contribution in [0.25, 0.3) is 6.08 Å². The molecule has 1 N–H and O–H groups in total. The Morgan fingerprint density at radius 1 is 1.15 bits per heavy atom. The highest BCUT2D eigenvalue weighted by atomic mass is 16.5. The molecule has 2 rings (SSSR count). The molecule has 5 heteroatoms. The molecule has 27 heavy (non-hydrogen) atoms. The Morgan fingerprint density at radius 3 is 2.63 bits per heavy atom. The Hall–Kier alpha value is -3.52. The van der Waals surface area contributed by atoms with Crippen molar-refractivity contribution in [2.24, 2.45) is 0 Å². The van der Waals surface area contributed by atoms with Gasteiger partial charge in [0, 0.05) is 23.4 Å². The van der Waals surface area contributed by atoms with E-state index in [1.54, 1.807) is 44.6 Å². The van der Waals surface area contributed by atoms with Gasteiger partial charge in [0.05, 0.1) is 25.9 Å². The zero-order valence-corrected chi connectivity index (χ0v) is 15.7. The molecule has 0 aromatic heterocycles. The van der Waals surface area contributed by atoms with Gasteiger partial charge in [0.2, 0.25) is 5.91 Å². The average molecular weight is 362 g/mol. The minimum atomic E-state index is -0.258. The van der Waals surface area contributed by atoms with Crippen LogP contribution in [0.2, 0.25) is 0 Å². The van der Waals surface area contributed by atoms with Crippen LogP contribution in [-0.4, -0.2) is 20.1 Å². The molecule has 2 aromatic carbocycles. The van der Waals surface area contributed by atoms with Gasteiger partial charge in [0.25, 0.3) is 0 Å². The summed E-state index contributed by atoms with van der Waals surface area (Å²) >= 11 is 0. The molecular formula is C22H22N2O3. The highest BCUT2D eigenvalue weighted by Crippen LogP contribution is 2.27. The van der Waals surface area contributed by atoms with Crippen LogP contribution >= 0.6 is 0 Å². The van der Waals surface area contributed by atoms with Gasteiger partial charge in [-0.25, -0.2) is 0 Å². The number of nitriles is 1. The van der Waals surface area contributed by atoms with Crippen molar-refractivity contribution in [1.82, 2.24) is 0 Å². The second-order valence-corrected chi connectivity index (χ2v) is 5.70. The number of amides is 1. The van der Waals surface area contributed by atoms with E-state index in [1.807, 2.05) is 37.3 Å². The predicted octanol–water partition coefficient (Wildman–Crippen LogP) is 4.56. The lowest BCUT2D eigenvalue weighted by Gasteiger charge is -2.08. The Kier molecular flexibility index (Phi) is 7.21. The second kappa shape index (κ2) is 9.83. The Morgan fingerprint density at radius 2 is 1.96 bits per heavy atom. The Balaban J connectivity index is 2.14. The fraction of sp³-hybridized carbons (Fsp3) is 0.182. The van der Waals surface area contributed by atoms with Gasteiger partial charge in [-0.05, 0) is 48.4 Å². The minimum Gasteiger partial charge on any atom is -0.497 e. The summed E-state index contributed by atoms with van der Waals surface area (Å²) in [5, 5.41) is 11.7. The third kappa shape index (κ3) is 5.75. The van der Waals surface area contributed by atoms with Crippen LogP contribution in [-0.2, 0) is 4.79 Å². The first kappa shape index (κ1) is 19.8. The molecule has 0 spiro atoms. The van der Waals surface area contributed by atoms with Crippen LogP contribution in [0.3, 0.4) is 0 Å². The predicted molar refractivity (Wildman–Crippen MR) is 107 cm³/mol. The quantitative estimate of drug-likeness (QED) is 0.579. The number of hydrogen-bond acceptors (Lipinski definition) is 4. The molecule has 0 atom stereocenters. The first-order chi connectivity index (χ1) is 13.1. The van der Waals surface area contributed by atoms with E-state index in [-0.39, 0.29) is 5.91 Å². The van der Waals surface area contributed by atoms with E-state index in [1.165, 1.54) is 6.08 Å². The van der Waals surface area contributed by atoms with Crippen LogP contribution in [0.5, 0.6) is 11.5 Å². The summed E-state index contributed by atoms with van der Waals surface area (Å²) in [6.45, 7) is 2.01. The normalized spacial score (nSPS) is 11.1. The van der Waals surface area contributed by atoms with E-state index in [0.717, 1.165) is 23.3 Å². The monoisotopic (exact) mass is 362 g/mol. The lowest BCUT2D eigenvalue weighted by atomic mass is 10.1. The van der Waals surface area contributed by atoms with E-state index in [0.29, 0.717) is 17.0 Å². The number of hydrogen-bond donors (Lipinski definition) is 1. The molecule has 0 heterocycles. The molecule has 0 aliphatic heterocycles. The molecule has 0 bridgehead atoms. The summed E-state index contributed by atoms with van der Waals surface area (Å²) in [5.41, 5.74) is 2.96. The van der Waals surface area contributed by atoms with Gasteiger partial charge >= 0.3 is 0 Å². The Bertz CT molecular complexity index is 908. The number of allylic oxidation sites excluding steroid dienone is 2. The lowest BCUT2D eigenvalue weighted by molar-refractivity contribution is -0.111. The molecule has 2 aromatic rings. The van der Waals surface area contributed by atoms with Crippen LogP contribution in [0.15, 0.2) is 60.2 Å². The van der Waals surface area contributed by atoms with Crippen molar-refractivity contribution in [3.63, 3.8) is 0 Å². The number of carbonyl (C=O) groups excluding carboxylic acids is 1. The summed E-state index contributed by atoms with van der Waals surface area (Å²) in [7, 11) is 3.21. The van der Waals surface area contributed by atoms with Crippen LogP contribution in [0.4, 0.5) is 5.69 Å². The van der Waals surface area contributed by atoms with Crippen molar-refractivity contribution in [2.45, 2.75) is 13.3 Å². The fourth-order valence-corrected chi connectivity index (χ4v) is 2.44. The fourth-order valence-electron chi connectivity index (χ4n) is 2.44. The lowest BCUT2D eigenvalue weighted by Crippen LogP contribution is -2.07. The summed E-state index contributed by atoms with van der Waals surface area (Å²) in [6.07, 6.45) is 5.97. The van der Waals surface area contributed by atoms with Gasteiger partial charge in [0.1, 0.15) is 11.5 Å². The third-order valence-electron chi connectivity index (χ3n) is 3.90. The summed E-state index contributed by atoms with van der Waals surface area (Å²) in [5.74, 6) is 1.16. The molecule has 0 unspecified atom stereocenters. The molecule has 0 fully saturated rings. The van der Waals surface area contributed by atoms with Crippen molar-refractivity contribution in [1.29, 1.82) is 5.26 Å². The van der Waals surface area contributed by atoms with Crippen molar-refractivity contribution in [3.8, 4) is 17.6 Å². The molecule has 0 radical (unpaired) electrons. The highest BCUT2D eigenvalue weighted by molar-refractivity contribution is 5.99. The maximum atomic E-state index is 12.1. The van der Waals surface area contributed by atoms with Crippen molar-refractivity contribution >= 4 is 17.7 Å². The summed E-state index contributed by atoms with van der Waals surface area (Å²) < 4.78 is 10.6. The number of benzene rings is 2. The summed E-state index contributed by atoms with van der Waals surface area (Å²) in [4.78, 5) is 12.1. The number of rotatable bonds is 7. The van der Waals surface area contributed by atoms with Crippen molar-refractivity contribution in [2.75, 3.05) is 19.5 Å². The first-order valence-electron chi connectivity index (χ1n) is 8.51. The van der Waals surface area contributed by atoms with E-state index in [4.69, 9.17) is 14.7 Å². The zero-order valence-electron chi connectivity index (χ0n) is 15.7. The number of anilines is 1. The van der Waals surface area contributed by atoms with E-state index in [2.05, 4.69) is 5.32 Å². The van der Waals surface area contributed by atoms with Gasteiger partial charge in [-0.1, -0.05) is 19.1 Å². The van der Waals surface area contributed by atoms with Gasteiger partial charge < -0.3 is 14.8 Å². The van der Waals surface area contributed by atoms with Crippen LogP contribution in [0, 0.1) is 11.3 Å². The minimum absolute atomic E-state index is 0.258.